The fourth-order valence-electron chi connectivity index (χ4n) is 2.04. The van der Waals surface area contributed by atoms with E-state index in [1.165, 1.54) is 5.56 Å². The van der Waals surface area contributed by atoms with E-state index in [4.69, 9.17) is 16.3 Å². The summed E-state index contributed by atoms with van der Waals surface area (Å²) in [5.41, 5.74) is 3.18. The molecule has 0 aromatic heterocycles. The molecule has 2 rings (SSSR count). The van der Waals surface area contributed by atoms with Gasteiger partial charge in [0, 0.05) is 14.5 Å². The van der Waals surface area contributed by atoms with Gasteiger partial charge in [-0.25, -0.2) is 0 Å². The van der Waals surface area contributed by atoms with Crippen LogP contribution in [0, 0.1) is 6.92 Å². The fraction of sp³-hybridized carbons (Fsp3) is 0.250. The van der Waals surface area contributed by atoms with Gasteiger partial charge >= 0.3 is 0 Å². The lowest BCUT2D eigenvalue weighted by molar-refractivity contribution is 0.337. The first-order valence-electron chi connectivity index (χ1n) is 6.36. The Morgan fingerprint density at radius 1 is 1.15 bits per heavy atom. The van der Waals surface area contributed by atoms with E-state index in [0.29, 0.717) is 6.61 Å². The summed E-state index contributed by atoms with van der Waals surface area (Å²) < 4.78 is 7.72. The minimum atomic E-state index is -0.261. The maximum atomic E-state index is 6.69. The highest BCUT2D eigenvalue weighted by atomic mass is 79.9. The van der Waals surface area contributed by atoms with Crippen molar-refractivity contribution in [1.29, 1.82) is 0 Å². The monoisotopic (exact) mass is 416 g/mol. The van der Waals surface area contributed by atoms with Crippen LogP contribution in [0.3, 0.4) is 0 Å². The predicted molar refractivity (Wildman–Crippen MR) is 91.9 cm³/mol. The van der Waals surface area contributed by atoms with Crippen molar-refractivity contribution in [3.8, 4) is 5.75 Å². The summed E-state index contributed by atoms with van der Waals surface area (Å²) in [5.74, 6) is 0.823. The van der Waals surface area contributed by atoms with Crippen LogP contribution in [0.15, 0.2) is 45.3 Å². The van der Waals surface area contributed by atoms with Crippen LogP contribution < -0.4 is 4.74 Å². The lowest BCUT2D eigenvalue weighted by atomic mass is 10.0. The fourth-order valence-corrected chi connectivity index (χ4v) is 3.39. The zero-order valence-corrected chi connectivity index (χ0v) is 15.2. The van der Waals surface area contributed by atoms with Gasteiger partial charge in [0.25, 0.3) is 0 Å². The molecule has 0 fully saturated rings. The zero-order valence-electron chi connectivity index (χ0n) is 11.3. The van der Waals surface area contributed by atoms with Crippen LogP contribution in [0.5, 0.6) is 5.75 Å². The van der Waals surface area contributed by atoms with E-state index in [1.54, 1.807) is 0 Å². The van der Waals surface area contributed by atoms with Crippen LogP contribution in [0.2, 0.25) is 0 Å². The quantitative estimate of drug-likeness (QED) is 0.534. The number of hydrogen-bond donors (Lipinski definition) is 0. The zero-order chi connectivity index (χ0) is 14.7. The van der Waals surface area contributed by atoms with Gasteiger partial charge in [0.2, 0.25) is 0 Å². The van der Waals surface area contributed by atoms with Gasteiger partial charge in [-0.05, 0) is 43.2 Å². The van der Waals surface area contributed by atoms with Gasteiger partial charge in [-0.1, -0.05) is 50.1 Å². The van der Waals surface area contributed by atoms with Crippen molar-refractivity contribution in [3.05, 3.63) is 62.0 Å². The number of hydrogen-bond acceptors (Lipinski definition) is 1. The van der Waals surface area contributed by atoms with Crippen LogP contribution in [0.25, 0.3) is 0 Å². The SMILES string of the molecule is CCOc1ccc(Br)cc1C(Cl)c1cccc(C)c1Br. The lowest BCUT2D eigenvalue weighted by Gasteiger charge is -2.18. The molecular weight excluding hydrogens is 403 g/mol. The normalized spacial score (nSPS) is 12.2. The van der Waals surface area contributed by atoms with Gasteiger partial charge < -0.3 is 4.74 Å². The van der Waals surface area contributed by atoms with E-state index in [0.717, 1.165) is 25.8 Å². The van der Waals surface area contributed by atoms with Crippen LogP contribution in [-0.2, 0) is 0 Å². The van der Waals surface area contributed by atoms with Crippen LogP contribution >= 0.6 is 43.5 Å². The summed E-state index contributed by atoms with van der Waals surface area (Å²) in [4.78, 5) is 0. The number of ether oxygens (including phenoxy) is 1. The molecule has 0 radical (unpaired) electrons. The molecule has 0 saturated carbocycles. The van der Waals surface area contributed by atoms with E-state index < -0.39 is 0 Å². The van der Waals surface area contributed by atoms with Crippen molar-refractivity contribution < 1.29 is 4.74 Å². The number of alkyl halides is 1. The molecule has 1 nitrogen and oxygen atoms in total. The van der Waals surface area contributed by atoms with Crippen molar-refractivity contribution in [1.82, 2.24) is 0 Å². The first kappa shape index (κ1) is 15.9. The maximum absolute atomic E-state index is 6.69. The smallest absolute Gasteiger partial charge is 0.124 e. The first-order valence-corrected chi connectivity index (χ1v) is 8.38. The minimum absolute atomic E-state index is 0.261. The van der Waals surface area contributed by atoms with E-state index in [2.05, 4.69) is 44.8 Å². The van der Waals surface area contributed by atoms with E-state index >= 15 is 0 Å². The number of halogens is 3. The van der Waals surface area contributed by atoms with Gasteiger partial charge in [-0.3, -0.25) is 0 Å². The van der Waals surface area contributed by atoms with Crippen LogP contribution in [-0.4, -0.2) is 6.61 Å². The van der Waals surface area contributed by atoms with Crippen molar-refractivity contribution >= 4 is 43.5 Å². The Labute approximate surface area is 141 Å². The average molecular weight is 419 g/mol. The van der Waals surface area contributed by atoms with Gasteiger partial charge in [0.05, 0.1) is 12.0 Å². The summed E-state index contributed by atoms with van der Waals surface area (Å²) in [6, 6.07) is 12.0. The molecule has 106 valence electrons. The highest BCUT2D eigenvalue weighted by Crippen LogP contribution is 2.40. The molecule has 0 bridgehead atoms. The summed E-state index contributed by atoms with van der Waals surface area (Å²) in [5, 5.41) is -0.261. The third-order valence-electron chi connectivity index (χ3n) is 3.04. The van der Waals surface area contributed by atoms with E-state index in [9.17, 15) is 0 Å². The average Bonchev–Trinajstić information content (AvgIpc) is 2.43. The van der Waals surface area contributed by atoms with Crippen LogP contribution in [0.4, 0.5) is 0 Å². The second-order valence-electron chi connectivity index (χ2n) is 4.46. The number of rotatable bonds is 4. The topological polar surface area (TPSA) is 9.23 Å². The predicted octanol–water partition coefficient (Wildman–Crippen LogP) is 6.25. The van der Waals surface area contributed by atoms with Gasteiger partial charge in [0.15, 0.2) is 0 Å². The molecule has 0 N–H and O–H groups in total. The summed E-state index contributed by atoms with van der Waals surface area (Å²) in [7, 11) is 0. The molecule has 0 amide bonds. The molecule has 2 aromatic rings. The highest BCUT2D eigenvalue weighted by Gasteiger charge is 2.19. The second kappa shape index (κ2) is 6.97. The molecule has 0 spiro atoms. The third-order valence-corrected chi connectivity index (χ3v) is 5.09. The van der Waals surface area contributed by atoms with Gasteiger partial charge in [0.1, 0.15) is 5.75 Å². The Balaban J connectivity index is 2.49. The Morgan fingerprint density at radius 3 is 2.60 bits per heavy atom. The lowest BCUT2D eigenvalue weighted by Crippen LogP contribution is -2.01. The van der Waals surface area contributed by atoms with Crippen molar-refractivity contribution in [2.24, 2.45) is 0 Å². The second-order valence-corrected chi connectivity index (χ2v) is 6.60. The maximum Gasteiger partial charge on any atom is 0.124 e. The minimum Gasteiger partial charge on any atom is -0.494 e. The first-order chi connectivity index (χ1) is 9.54. The molecule has 0 aliphatic heterocycles. The van der Waals surface area contributed by atoms with Gasteiger partial charge in [-0.15, -0.1) is 11.6 Å². The molecule has 0 aliphatic carbocycles. The van der Waals surface area contributed by atoms with Crippen molar-refractivity contribution in [3.63, 3.8) is 0 Å². The molecule has 0 heterocycles. The number of benzene rings is 2. The molecule has 4 heteroatoms. The van der Waals surface area contributed by atoms with Crippen molar-refractivity contribution in [2.45, 2.75) is 19.2 Å². The molecule has 1 unspecified atom stereocenters. The summed E-state index contributed by atoms with van der Waals surface area (Å²) >= 11 is 13.8. The molecule has 1 atom stereocenters. The van der Waals surface area contributed by atoms with E-state index in [1.807, 2.05) is 37.3 Å². The molecule has 20 heavy (non-hydrogen) atoms. The Bertz CT molecular complexity index is 613. The molecule has 2 aromatic carbocycles. The van der Waals surface area contributed by atoms with Gasteiger partial charge in [-0.2, -0.15) is 0 Å². The van der Waals surface area contributed by atoms with Crippen molar-refractivity contribution in [2.75, 3.05) is 6.61 Å². The third kappa shape index (κ3) is 3.38. The molecule has 0 saturated heterocycles. The van der Waals surface area contributed by atoms with E-state index in [-0.39, 0.29) is 5.38 Å². The Hall–Kier alpha value is -0.510. The molecular formula is C16H15Br2ClO. The summed E-state index contributed by atoms with van der Waals surface area (Å²) in [6.07, 6.45) is 0. The van der Waals surface area contributed by atoms with Crippen LogP contribution in [0.1, 0.15) is 29.0 Å². The highest BCUT2D eigenvalue weighted by molar-refractivity contribution is 9.10. The Kier molecular flexibility index (Phi) is 5.53. The standard InChI is InChI=1S/C16H15Br2ClO/c1-3-20-14-8-7-11(17)9-13(14)16(19)12-6-4-5-10(2)15(12)18/h4-9,16H,3H2,1-2H3. The summed E-state index contributed by atoms with van der Waals surface area (Å²) in [6.45, 7) is 4.65. The molecule has 0 aliphatic rings. The Morgan fingerprint density at radius 2 is 1.90 bits per heavy atom. The number of aryl methyl sites for hydroxylation is 1. The largest absolute Gasteiger partial charge is 0.494 e.